The molecular formula is C16H26N2. The molecule has 0 saturated carbocycles. The molecule has 2 unspecified atom stereocenters. The zero-order valence-electron chi connectivity index (χ0n) is 11.9. The fourth-order valence-corrected chi connectivity index (χ4v) is 3.28. The van der Waals surface area contributed by atoms with Crippen LogP contribution in [0.1, 0.15) is 43.9 Å². The molecule has 100 valence electrons. The Labute approximate surface area is 111 Å². The lowest BCUT2D eigenvalue weighted by Crippen LogP contribution is -2.43. The highest BCUT2D eigenvalue weighted by atomic mass is 15.2. The van der Waals surface area contributed by atoms with E-state index in [1.807, 2.05) is 0 Å². The van der Waals surface area contributed by atoms with E-state index in [-0.39, 0.29) is 0 Å². The lowest BCUT2D eigenvalue weighted by atomic mass is 10.1. The van der Waals surface area contributed by atoms with Crippen molar-refractivity contribution in [2.24, 2.45) is 0 Å². The first-order valence-electron chi connectivity index (χ1n) is 7.30. The fraction of sp³-hybridized carbons (Fsp3) is 0.625. The van der Waals surface area contributed by atoms with Crippen molar-refractivity contribution in [3.05, 3.63) is 35.4 Å². The maximum Gasteiger partial charge on any atom is 0.0481 e. The number of fused-ring (bicyclic) bond motifs is 1. The van der Waals surface area contributed by atoms with E-state index in [0.29, 0.717) is 12.1 Å². The molecule has 2 nitrogen and oxygen atoms in total. The van der Waals surface area contributed by atoms with Crippen LogP contribution in [0.3, 0.4) is 0 Å². The van der Waals surface area contributed by atoms with Crippen LogP contribution in [0.15, 0.2) is 24.3 Å². The van der Waals surface area contributed by atoms with Crippen molar-refractivity contribution in [3.8, 4) is 0 Å². The van der Waals surface area contributed by atoms with Gasteiger partial charge in [-0.1, -0.05) is 38.1 Å². The average molecular weight is 246 g/mol. The first-order chi connectivity index (χ1) is 8.81. The van der Waals surface area contributed by atoms with Crippen LogP contribution < -0.4 is 5.32 Å². The third-order valence-electron chi connectivity index (χ3n) is 4.01. The number of hydrogen-bond donors (Lipinski definition) is 1. The molecule has 0 amide bonds. The molecule has 1 aliphatic carbocycles. The van der Waals surface area contributed by atoms with Gasteiger partial charge in [-0.15, -0.1) is 0 Å². The van der Waals surface area contributed by atoms with Crippen LogP contribution in [0, 0.1) is 0 Å². The van der Waals surface area contributed by atoms with E-state index in [0.717, 1.165) is 0 Å². The van der Waals surface area contributed by atoms with Crippen molar-refractivity contribution in [1.29, 1.82) is 0 Å². The summed E-state index contributed by atoms with van der Waals surface area (Å²) in [7, 11) is 2.09. The van der Waals surface area contributed by atoms with Gasteiger partial charge in [0, 0.05) is 12.1 Å². The smallest absolute Gasteiger partial charge is 0.0481 e. The third kappa shape index (κ3) is 2.60. The molecule has 1 N–H and O–H groups in total. The third-order valence-corrected chi connectivity index (χ3v) is 4.01. The Kier molecular flexibility index (Phi) is 4.79. The molecule has 1 aromatic rings. The highest BCUT2D eigenvalue weighted by molar-refractivity contribution is 5.37. The first kappa shape index (κ1) is 13.6. The van der Waals surface area contributed by atoms with E-state index in [1.165, 1.54) is 43.5 Å². The van der Waals surface area contributed by atoms with E-state index in [4.69, 9.17) is 0 Å². The van der Waals surface area contributed by atoms with Crippen LogP contribution in [-0.4, -0.2) is 31.1 Å². The molecule has 0 saturated heterocycles. The lowest BCUT2D eigenvalue weighted by Gasteiger charge is -2.32. The summed E-state index contributed by atoms with van der Waals surface area (Å²) in [4.78, 5) is 2.67. The van der Waals surface area contributed by atoms with E-state index < -0.39 is 0 Å². The minimum Gasteiger partial charge on any atom is -0.312 e. The number of benzene rings is 1. The second kappa shape index (κ2) is 6.35. The van der Waals surface area contributed by atoms with Crippen molar-refractivity contribution in [1.82, 2.24) is 10.2 Å². The predicted octanol–water partition coefficient (Wildman–Crippen LogP) is 2.99. The number of nitrogens with zero attached hydrogens (tertiary/aromatic N) is 1. The van der Waals surface area contributed by atoms with E-state index >= 15 is 0 Å². The van der Waals surface area contributed by atoms with Crippen LogP contribution in [-0.2, 0) is 6.42 Å². The Balaban J connectivity index is 2.19. The quantitative estimate of drug-likeness (QED) is 0.830. The molecule has 1 aliphatic rings. The van der Waals surface area contributed by atoms with Gasteiger partial charge in [-0.05, 0) is 50.5 Å². The van der Waals surface area contributed by atoms with E-state index in [9.17, 15) is 0 Å². The molecule has 0 heterocycles. The van der Waals surface area contributed by atoms with Gasteiger partial charge in [0.15, 0.2) is 0 Å². The Bertz CT molecular complexity index is 369. The van der Waals surface area contributed by atoms with Gasteiger partial charge in [0.25, 0.3) is 0 Å². The topological polar surface area (TPSA) is 15.3 Å². The minimum absolute atomic E-state index is 0.499. The highest BCUT2D eigenvalue weighted by Gasteiger charge is 2.34. The lowest BCUT2D eigenvalue weighted by molar-refractivity contribution is 0.169. The summed E-state index contributed by atoms with van der Waals surface area (Å²) in [6, 6.07) is 10.0. The second-order valence-electron chi connectivity index (χ2n) is 5.27. The van der Waals surface area contributed by atoms with Crippen molar-refractivity contribution < 1.29 is 0 Å². The average Bonchev–Trinajstić information content (AvgIpc) is 2.76. The molecule has 0 aliphatic heterocycles. The number of hydrogen-bond acceptors (Lipinski definition) is 2. The first-order valence-corrected chi connectivity index (χ1v) is 7.30. The number of nitrogens with one attached hydrogen (secondary N) is 1. The van der Waals surface area contributed by atoms with Crippen LogP contribution in [0.2, 0.25) is 0 Å². The zero-order chi connectivity index (χ0) is 13.0. The molecule has 0 bridgehead atoms. The molecular weight excluding hydrogens is 220 g/mol. The van der Waals surface area contributed by atoms with Crippen LogP contribution in [0.25, 0.3) is 0 Å². The fourth-order valence-electron chi connectivity index (χ4n) is 3.28. The number of likely N-dealkylation sites (N-methyl/N-ethyl adjacent to an activating group) is 1. The van der Waals surface area contributed by atoms with Crippen molar-refractivity contribution in [3.63, 3.8) is 0 Å². The molecule has 0 radical (unpaired) electrons. The van der Waals surface area contributed by atoms with Gasteiger partial charge in [0.05, 0.1) is 0 Å². The molecule has 0 aromatic heterocycles. The van der Waals surface area contributed by atoms with Gasteiger partial charge >= 0.3 is 0 Å². The van der Waals surface area contributed by atoms with Crippen LogP contribution >= 0.6 is 0 Å². The normalized spacial score (nSPS) is 22.4. The Hall–Kier alpha value is -0.860. The van der Waals surface area contributed by atoms with Gasteiger partial charge in [-0.2, -0.15) is 0 Å². The van der Waals surface area contributed by atoms with E-state index in [2.05, 4.69) is 55.4 Å². The molecule has 18 heavy (non-hydrogen) atoms. The Morgan fingerprint density at radius 2 is 1.83 bits per heavy atom. The Morgan fingerprint density at radius 1 is 1.17 bits per heavy atom. The monoisotopic (exact) mass is 246 g/mol. The van der Waals surface area contributed by atoms with Gasteiger partial charge in [0.1, 0.15) is 0 Å². The number of rotatable bonds is 6. The molecule has 0 fully saturated rings. The summed E-state index contributed by atoms with van der Waals surface area (Å²) in [5, 5.41) is 3.53. The molecule has 2 heteroatoms. The summed E-state index contributed by atoms with van der Waals surface area (Å²) in [6.45, 7) is 6.98. The van der Waals surface area contributed by atoms with Crippen molar-refractivity contribution in [2.45, 2.75) is 45.2 Å². The zero-order valence-corrected chi connectivity index (χ0v) is 11.9. The van der Waals surface area contributed by atoms with Gasteiger partial charge < -0.3 is 5.32 Å². The summed E-state index contributed by atoms with van der Waals surface area (Å²) in [6.07, 6.45) is 3.67. The maximum absolute atomic E-state index is 3.53. The summed E-state index contributed by atoms with van der Waals surface area (Å²) in [5.41, 5.74) is 3.03. The van der Waals surface area contributed by atoms with Crippen LogP contribution in [0.4, 0.5) is 0 Å². The summed E-state index contributed by atoms with van der Waals surface area (Å²) >= 11 is 0. The molecule has 2 atom stereocenters. The molecule has 2 rings (SSSR count). The Morgan fingerprint density at radius 3 is 2.44 bits per heavy atom. The summed E-state index contributed by atoms with van der Waals surface area (Å²) in [5.74, 6) is 0. The minimum atomic E-state index is 0.499. The van der Waals surface area contributed by atoms with Gasteiger partial charge in [-0.3, -0.25) is 4.90 Å². The standard InChI is InChI=1S/C16H26N2/c1-4-10-18(11-5-2)15-12-13-8-6-7-9-14(13)16(15)17-3/h6-9,15-17H,4-5,10-12H2,1-3H3. The second-order valence-corrected chi connectivity index (χ2v) is 5.27. The molecule has 0 spiro atoms. The van der Waals surface area contributed by atoms with Gasteiger partial charge in [0.2, 0.25) is 0 Å². The predicted molar refractivity (Wildman–Crippen MR) is 77.9 cm³/mol. The summed E-state index contributed by atoms with van der Waals surface area (Å²) < 4.78 is 0. The SMILES string of the molecule is CCCN(CCC)C1Cc2ccccc2C1NC. The molecule has 1 aromatic carbocycles. The van der Waals surface area contributed by atoms with Gasteiger partial charge in [-0.25, -0.2) is 0 Å². The van der Waals surface area contributed by atoms with Crippen molar-refractivity contribution in [2.75, 3.05) is 20.1 Å². The van der Waals surface area contributed by atoms with Crippen LogP contribution in [0.5, 0.6) is 0 Å². The largest absolute Gasteiger partial charge is 0.312 e. The van der Waals surface area contributed by atoms with Crippen molar-refractivity contribution >= 4 is 0 Å². The highest BCUT2D eigenvalue weighted by Crippen LogP contribution is 2.34. The van der Waals surface area contributed by atoms with E-state index in [1.54, 1.807) is 0 Å². The maximum atomic E-state index is 3.53.